The monoisotopic (exact) mass is 224 g/mol. The van der Waals surface area contributed by atoms with Gasteiger partial charge in [0.05, 0.1) is 10.3 Å². The number of nitrogens with zero attached hydrogens (tertiary/aromatic N) is 1. The van der Waals surface area contributed by atoms with E-state index in [0.29, 0.717) is 11.7 Å². The molecule has 4 heteroatoms. The molecular weight excluding hydrogens is 212 g/mol. The molecule has 74 valence electrons. The van der Waals surface area contributed by atoms with Crippen LogP contribution in [0.2, 0.25) is 0 Å². The van der Waals surface area contributed by atoms with Gasteiger partial charge in [0, 0.05) is 5.75 Å². The minimum atomic E-state index is -0.603. The van der Waals surface area contributed by atoms with Crippen LogP contribution in [0.4, 0.5) is 0 Å². The second kappa shape index (κ2) is 3.93. The van der Waals surface area contributed by atoms with Crippen LogP contribution in [0.5, 0.6) is 0 Å². The summed E-state index contributed by atoms with van der Waals surface area (Å²) in [5.41, 5.74) is 5.44. The molecule has 1 aliphatic carbocycles. The summed E-state index contributed by atoms with van der Waals surface area (Å²) < 4.78 is 1.25. The third kappa shape index (κ3) is 2.11. The van der Waals surface area contributed by atoms with E-state index in [0.717, 1.165) is 12.8 Å². The lowest BCUT2D eigenvalue weighted by Crippen LogP contribution is -2.43. The normalized spacial score (nSPS) is 20.0. The summed E-state index contributed by atoms with van der Waals surface area (Å²) in [4.78, 5) is 0. The highest BCUT2D eigenvalue weighted by Crippen LogP contribution is 2.41. The van der Waals surface area contributed by atoms with E-state index >= 15 is 0 Å². The Labute approximate surface area is 92.1 Å². The quantitative estimate of drug-likeness (QED) is 0.799. The van der Waals surface area contributed by atoms with Crippen molar-refractivity contribution in [1.29, 1.82) is 5.26 Å². The molecule has 0 bridgehead atoms. The number of nitriles is 1. The lowest BCUT2D eigenvalue weighted by Gasteiger charge is -2.19. The molecule has 1 heterocycles. The van der Waals surface area contributed by atoms with E-state index in [1.54, 1.807) is 23.1 Å². The van der Waals surface area contributed by atoms with Gasteiger partial charge in [0.1, 0.15) is 5.54 Å². The van der Waals surface area contributed by atoms with E-state index in [1.807, 2.05) is 11.4 Å². The van der Waals surface area contributed by atoms with E-state index in [9.17, 15) is 0 Å². The molecule has 1 saturated carbocycles. The minimum absolute atomic E-state index is 0.431. The zero-order chi connectivity index (χ0) is 10.0. The molecule has 0 saturated heterocycles. The maximum absolute atomic E-state index is 9.04. The fraction of sp³-hybridized carbons (Fsp3) is 0.500. The summed E-state index contributed by atoms with van der Waals surface area (Å²) in [6, 6.07) is 6.36. The van der Waals surface area contributed by atoms with Crippen LogP contribution in [-0.4, -0.2) is 11.3 Å². The number of rotatable bonds is 4. The van der Waals surface area contributed by atoms with Gasteiger partial charge in [-0.1, -0.05) is 6.07 Å². The molecule has 1 atom stereocenters. The standard InChI is InChI=1S/C10H12N2S2/c11-6-10(12,8-3-4-8)7-14-9-2-1-5-13-9/h1-2,5,8H,3-4,7,12H2. The van der Waals surface area contributed by atoms with Gasteiger partial charge in [-0.3, -0.25) is 0 Å². The molecule has 1 unspecified atom stereocenters. The van der Waals surface area contributed by atoms with Crippen LogP contribution in [0.15, 0.2) is 21.7 Å². The van der Waals surface area contributed by atoms with E-state index < -0.39 is 5.54 Å². The van der Waals surface area contributed by atoms with Gasteiger partial charge in [-0.25, -0.2) is 0 Å². The molecule has 1 fully saturated rings. The second-order valence-electron chi connectivity index (χ2n) is 3.65. The van der Waals surface area contributed by atoms with Crippen LogP contribution in [-0.2, 0) is 0 Å². The fourth-order valence-corrected chi connectivity index (χ4v) is 3.30. The van der Waals surface area contributed by atoms with Gasteiger partial charge in [0.2, 0.25) is 0 Å². The summed E-state index contributed by atoms with van der Waals surface area (Å²) in [6.45, 7) is 0. The SMILES string of the molecule is N#CC(N)(CSc1cccs1)C1CC1. The Hall–Kier alpha value is -0.500. The average Bonchev–Trinajstić information content (AvgIpc) is 2.94. The molecule has 1 aliphatic rings. The van der Waals surface area contributed by atoms with Gasteiger partial charge in [0.15, 0.2) is 0 Å². The second-order valence-corrected chi connectivity index (χ2v) is 5.87. The first-order valence-corrected chi connectivity index (χ1v) is 6.47. The van der Waals surface area contributed by atoms with Crippen molar-refractivity contribution in [3.8, 4) is 6.07 Å². The lowest BCUT2D eigenvalue weighted by atomic mass is 10.00. The largest absolute Gasteiger partial charge is 0.312 e. The van der Waals surface area contributed by atoms with Gasteiger partial charge >= 0.3 is 0 Å². The van der Waals surface area contributed by atoms with E-state index in [2.05, 4.69) is 12.1 Å². The topological polar surface area (TPSA) is 49.8 Å². The van der Waals surface area contributed by atoms with Crippen LogP contribution in [0.25, 0.3) is 0 Å². The Bertz CT molecular complexity index is 338. The van der Waals surface area contributed by atoms with E-state index in [1.165, 1.54) is 4.21 Å². The minimum Gasteiger partial charge on any atom is -0.312 e. The van der Waals surface area contributed by atoms with Crippen LogP contribution in [0.1, 0.15) is 12.8 Å². The highest BCUT2D eigenvalue weighted by atomic mass is 32.2. The van der Waals surface area contributed by atoms with Gasteiger partial charge in [0.25, 0.3) is 0 Å². The smallest absolute Gasteiger partial charge is 0.116 e. The number of hydrogen-bond donors (Lipinski definition) is 1. The summed E-state index contributed by atoms with van der Waals surface area (Å²) in [5.74, 6) is 1.15. The van der Waals surface area contributed by atoms with Gasteiger partial charge in [-0.05, 0) is 30.2 Å². The van der Waals surface area contributed by atoms with Gasteiger partial charge in [-0.2, -0.15) is 5.26 Å². The maximum atomic E-state index is 9.04. The van der Waals surface area contributed by atoms with Crippen LogP contribution < -0.4 is 5.73 Å². The Kier molecular flexibility index (Phi) is 2.82. The van der Waals surface area contributed by atoms with E-state index in [-0.39, 0.29) is 0 Å². The molecular formula is C10H12N2S2. The Morgan fingerprint density at radius 2 is 2.50 bits per heavy atom. The maximum Gasteiger partial charge on any atom is 0.116 e. The van der Waals surface area contributed by atoms with Crippen molar-refractivity contribution in [3.05, 3.63) is 17.5 Å². The molecule has 0 spiro atoms. The highest BCUT2D eigenvalue weighted by Gasteiger charge is 2.42. The Morgan fingerprint density at radius 3 is 3.00 bits per heavy atom. The van der Waals surface area contributed by atoms with Crippen molar-refractivity contribution in [2.75, 3.05) is 5.75 Å². The van der Waals surface area contributed by atoms with Crippen molar-refractivity contribution in [2.45, 2.75) is 22.6 Å². The number of thiophene rings is 1. The zero-order valence-corrected chi connectivity index (χ0v) is 9.40. The molecule has 2 N–H and O–H groups in total. The first-order valence-electron chi connectivity index (χ1n) is 4.61. The third-order valence-electron chi connectivity index (χ3n) is 2.46. The molecule has 14 heavy (non-hydrogen) atoms. The molecule has 1 aromatic heterocycles. The number of nitrogens with two attached hydrogens (primary N) is 1. The summed E-state index contributed by atoms with van der Waals surface area (Å²) >= 11 is 3.40. The average molecular weight is 224 g/mol. The molecule has 0 aliphatic heterocycles. The lowest BCUT2D eigenvalue weighted by molar-refractivity contribution is 0.532. The molecule has 0 radical (unpaired) electrons. The summed E-state index contributed by atoms with van der Waals surface area (Å²) in [7, 11) is 0. The molecule has 2 rings (SSSR count). The van der Waals surface area contributed by atoms with Crippen molar-refractivity contribution < 1.29 is 0 Å². The van der Waals surface area contributed by atoms with Crippen LogP contribution in [0, 0.1) is 17.2 Å². The Balaban J connectivity index is 1.93. The third-order valence-corrected chi connectivity index (χ3v) is 4.81. The zero-order valence-electron chi connectivity index (χ0n) is 7.77. The summed E-state index contributed by atoms with van der Waals surface area (Å²) in [5, 5.41) is 11.1. The number of hydrogen-bond acceptors (Lipinski definition) is 4. The molecule has 0 amide bonds. The van der Waals surface area contributed by atoms with Crippen molar-refractivity contribution in [2.24, 2.45) is 11.7 Å². The first kappa shape index (κ1) is 10.0. The van der Waals surface area contributed by atoms with Crippen molar-refractivity contribution in [1.82, 2.24) is 0 Å². The fourth-order valence-electron chi connectivity index (χ4n) is 1.38. The van der Waals surface area contributed by atoms with Crippen LogP contribution in [0.3, 0.4) is 0 Å². The van der Waals surface area contributed by atoms with Gasteiger partial charge in [-0.15, -0.1) is 23.1 Å². The molecule has 1 aromatic rings. The Morgan fingerprint density at radius 1 is 1.71 bits per heavy atom. The predicted molar refractivity (Wildman–Crippen MR) is 60.3 cm³/mol. The van der Waals surface area contributed by atoms with Crippen molar-refractivity contribution in [3.63, 3.8) is 0 Å². The molecule has 0 aromatic carbocycles. The first-order chi connectivity index (χ1) is 6.74. The summed E-state index contributed by atoms with van der Waals surface area (Å²) in [6.07, 6.45) is 2.24. The molecule has 2 nitrogen and oxygen atoms in total. The van der Waals surface area contributed by atoms with Gasteiger partial charge < -0.3 is 5.73 Å². The highest BCUT2D eigenvalue weighted by molar-refractivity contribution is 8.01. The van der Waals surface area contributed by atoms with E-state index in [4.69, 9.17) is 11.0 Å². The predicted octanol–water partition coefficient (Wildman–Crippen LogP) is 2.47. The van der Waals surface area contributed by atoms with Crippen LogP contribution >= 0.6 is 23.1 Å². The number of thioether (sulfide) groups is 1. The van der Waals surface area contributed by atoms with Crippen molar-refractivity contribution >= 4 is 23.1 Å².